The first-order chi connectivity index (χ1) is 13.3. The molecule has 0 saturated carbocycles. The minimum atomic E-state index is -4.42. The Morgan fingerprint density at radius 1 is 1.21 bits per heavy atom. The van der Waals surface area contributed by atoms with Crippen molar-refractivity contribution in [1.82, 2.24) is 9.88 Å². The van der Waals surface area contributed by atoms with E-state index in [-0.39, 0.29) is 18.1 Å². The number of H-pyrrole nitrogens is 1. The maximum atomic E-state index is 12.8. The summed E-state index contributed by atoms with van der Waals surface area (Å²) >= 11 is 6.09. The van der Waals surface area contributed by atoms with E-state index in [1.54, 1.807) is 4.90 Å². The third-order valence-corrected chi connectivity index (χ3v) is 5.16. The molecule has 0 unspecified atom stereocenters. The fourth-order valence-corrected chi connectivity index (χ4v) is 3.67. The van der Waals surface area contributed by atoms with Gasteiger partial charge in [0.05, 0.1) is 12.1 Å². The third-order valence-electron chi connectivity index (χ3n) is 4.92. The van der Waals surface area contributed by atoms with Crippen molar-refractivity contribution in [2.24, 2.45) is 0 Å². The van der Waals surface area contributed by atoms with Crippen molar-refractivity contribution in [3.8, 4) is 0 Å². The minimum Gasteiger partial charge on any atom is -0.376 e. The van der Waals surface area contributed by atoms with Crippen LogP contribution in [0.15, 0.2) is 42.5 Å². The van der Waals surface area contributed by atoms with Crippen LogP contribution in [0.2, 0.25) is 5.02 Å². The quantitative estimate of drug-likeness (QED) is 0.653. The Kier molecular flexibility index (Phi) is 4.71. The molecule has 0 radical (unpaired) electrons. The number of aromatic amines is 1. The lowest BCUT2D eigenvalue weighted by Gasteiger charge is -2.27. The van der Waals surface area contributed by atoms with Gasteiger partial charge in [-0.15, -0.1) is 0 Å². The normalized spacial score (nSPS) is 14.2. The number of benzene rings is 2. The molecule has 4 rings (SSSR count). The highest BCUT2D eigenvalue weighted by molar-refractivity contribution is 6.31. The van der Waals surface area contributed by atoms with Gasteiger partial charge in [0.2, 0.25) is 5.91 Å². The van der Waals surface area contributed by atoms with Crippen molar-refractivity contribution >= 4 is 34.1 Å². The van der Waals surface area contributed by atoms with Crippen LogP contribution in [0.5, 0.6) is 0 Å². The molecule has 146 valence electrons. The van der Waals surface area contributed by atoms with Crippen LogP contribution in [0.1, 0.15) is 16.8 Å². The first-order valence-electron chi connectivity index (χ1n) is 8.79. The van der Waals surface area contributed by atoms with Crippen LogP contribution in [0.4, 0.5) is 18.9 Å². The molecule has 8 heteroatoms. The van der Waals surface area contributed by atoms with Gasteiger partial charge in [0, 0.05) is 52.4 Å². The Bertz CT molecular complexity index is 1040. The van der Waals surface area contributed by atoms with Gasteiger partial charge in [0.25, 0.3) is 0 Å². The second-order valence-corrected chi connectivity index (χ2v) is 7.21. The monoisotopic (exact) mass is 407 g/mol. The van der Waals surface area contributed by atoms with Crippen molar-refractivity contribution in [2.45, 2.75) is 19.1 Å². The van der Waals surface area contributed by atoms with Crippen LogP contribution >= 0.6 is 11.6 Å². The average molecular weight is 408 g/mol. The number of alkyl halides is 3. The third kappa shape index (κ3) is 3.67. The van der Waals surface area contributed by atoms with Gasteiger partial charge < -0.3 is 15.2 Å². The Morgan fingerprint density at radius 3 is 2.82 bits per heavy atom. The number of nitrogens with zero attached hydrogens (tertiary/aromatic N) is 1. The molecular formula is C20H17ClF3N3O. The van der Waals surface area contributed by atoms with Crippen LogP contribution in [-0.2, 0) is 23.9 Å². The maximum absolute atomic E-state index is 12.8. The van der Waals surface area contributed by atoms with E-state index in [9.17, 15) is 18.0 Å². The van der Waals surface area contributed by atoms with E-state index in [1.165, 1.54) is 12.1 Å². The largest absolute Gasteiger partial charge is 0.416 e. The molecule has 2 aromatic carbocycles. The van der Waals surface area contributed by atoms with Gasteiger partial charge in [-0.2, -0.15) is 13.2 Å². The topological polar surface area (TPSA) is 48.1 Å². The van der Waals surface area contributed by atoms with Crippen LogP contribution in [0.3, 0.4) is 0 Å². The maximum Gasteiger partial charge on any atom is 0.416 e. The molecule has 0 saturated heterocycles. The summed E-state index contributed by atoms with van der Waals surface area (Å²) in [4.78, 5) is 17.7. The molecular weight excluding hydrogens is 391 g/mol. The summed E-state index contributed by atoms with van der Waals surface area (Å²) in [6.07, 6.45) is -3.72. The van der Waals surface area contributed by atoms with Crippen molar-refractivity contribution in [3.05, 3.63) is 64.3 Å². The van der Waals surface area contributed by atoms with E-state index in [4.69, 9.17) is 11.6 Å². The Labute approximate surface area is 164 Å². The fraction of sp³-hybridized carbons (Fsp3) is 0.250. The van der Waals surface area contributed by atoms with E-state index in [0.717, 1.165) is 34.3 Å². The summed E-state index contributed by atoms with van der Waals surface area (Å²) in [5.41, 5.74) is 2.62. The summed E-state index contributed by atoms with van der Waals surface area (Å²) in [6.45, 7) is 0.926. The summed E-state index contributed by atoms with van der Waals surface area (Å²) < 4.78 is 38.4. The van der Waals surface area contributed by atoms with Crippen LogP contribution in [0.25, 0.3) is 10.9 Å². The highest BCUT2D eigenvalue weighted by Gasteiger charge is 2.30. The summed E-state index contributed by atoms with van der Waals surface area (Å²) in [7, 11) is 0. The molecule has 1 aromatic heterocycles. The van der Waals surface area contributed by atoms with Crippen molar-refractivity contribution in [3.63, 3.8) is 0 Å². The molecule has 2 heterocycles. The summed E-state index contributed by atoms with van der Waals surface area (Å²) in [5, 5.41) is 4.42. The SMILES string of the molecule is O=C(CNc1cccc(C(F)(F)F)c1)N1CCc2[nH]c3ccc(Cl)cc3c2C1. The number of rotatable bonds is 3. The second kappa shape index (κ2) is 7.05. The van der Waals surface area contributed by atoms with Crippen molar-refractivity contribution < 1.29 is 18.0 Å². The van der Waals surface area contributed by atoms with Gasteiger partial charge >= 0.3 is 6.18 Å². The van der Waals surface area contributed by atoms with Gasteiger partial charge in [0.15, 0.2) is 0 Å². The zero-order valence-corrected chi connectivity index (χ0v) is 15.5. The molecule has 1 aliphatic rings. The lowest BCUT2D eigenvalue weighted by molar-refractivity contribution is -0.137. The Hall–Kier alpha value is -2.67. The molecule has 3 aromatic rings. The number of anilines is 1. The second-order valence-electron chi connectivity index (χ2n) is 6.77. The molecule has 0 aliphatic carbocycles. The molecule has 1 amide bonds. The van der Waals surface area contributed by atoms with Crippen LogP contribution in [-0.4, -0.2) is 28.9 Å². The molecule has 2 N–H and O–H groups in total. The number of carbonyl (C=O) groups excluding carboxylic acids is 1. The lowest BCUT2D eigenvalue weighted by Crippen LogP contribution is -2.39. The number of halogens is 4. The molecule has 0 spiro atoms. The van der Waals surface area contributed by atoms with E-state index in [1.807, 2.05) is 18.2 Å². The van der Waals surface area contributed by atoms with Gasteiger partial charge in [-0.3, -0.25) is 4.79 Å². The number of fused-ring (bicyclic) bond motifs is 3. The molecule has 28 heavy (non-hydrogen) atoms. The predicted octanol–water partition coefficient (Wildman–Crippen LogP) is 4.84. The summed E-state index contributed by atoms with van der Waals surface area (Å²) in [6, 6.07) is 10.4. The average Bonchev–Trinajstić information content (AvgIpc) is 3.03. The zero-order chi connectivity index (χ0) is 19.9. The number of aromatic nitrogens is 1. The van der Waals surface area contributed by atoms with Crippen LogP contribution < -0.4 is 5.32 Å². The number of carbonyl (C=O) groups is 1. The highest BCUT2D eigenvalue weighted by Crippen LogP contribution is 2.31. The van der Waals surface area contributed by atoms with Gasteiger partial charge in [-0.05, 0) is 36.4 Å². The lowest BCUT2D eigenvalue weighted by atomic mass is 10.0. The van der Waals surface area contributed by atoms with E-state index in [0.29, 0.717) is 24.5 Å². The van der Waals surface area contributed by atoms with E-state index in [2.05, 4.69) is 10.3 Å². The number of hydrogen-bond acceptors (Lipinski definition) is 2. The fourth-order valence-electron chi connectivity index (χ4n) is 3.49. The highest BCUT2D eigenvalue weighted by atomic mass is 35.5. The van der Waals surface area contributed by atoms with Gasteiger partial charge in [0.1, 0.15) is 0 Å². The summed E-state index contributed by atoms with van der Waals surface area (Å²) in [5.74, 6) is -0.167. The van der Waals surface area contributed by atoms with Crippen molar-refractivity contribution in [2.75, 3.05) is 18.4 Å². The van der Waals surface area contributed by atoms with E-state index < -0.39 is 11.7 Å². The Morgan fingerprint density at radius 2 is 2.04 bits per heavy atom. The number of nitrogens with one attached hydrogen (secondary N) is 2. The van der Waals surface area contributed by atoms with Gasteiger partial charge in [-0.25, -0.2) is 0 Å². The molecule has 1 aliphatic heterocycles. The number of amides is 1. The van der Waals surface area contributed by atoms with Crippen molar-refractivity contribution in [1.29, 1.82) is 0 Å². The Balaban J connectivity index is 1.46. The molecule has 4 nitrogen and oxygen atoms in total. The van der Waals surface area contributed by atoms with Gasteiger partial charge in [-0.1, -0.05) is 17.7 Å². The van der Waals surface area contributed by atoms with Crippen LogP contribution in [0, 0.1) is 0 Å². The molecule has 0 atom stereocenters. The zero-order valence-electron chi connectivity index (χ0n) is 14.7. The van der Waals surface area contributed by atoms with E-state index >= 15 is 0 Å². The molecule has 0 fully saturated rings. The number of hydrogen-bond donors (Lipinski definition) is 2. The first kappa shape index (κ1) is 18.7. The predicted molar refractivity (Wildman–Crippen MR) is 102 cm³/mol. The first-order valence-corrected chi connectivity index (χ1v) is 9.17. The standard InChI is InChI=1S/C20H17ClF3N3O/c21-13-4-5-17-15(9-13)16-11-27(7-6-18(16)26-17)19(28)10-25-14-3-1-2-12(8-14)20(22,23)24/h1-5,8-9,25-26H,6-7,10-11H2. The minimum absolute atomic E-state index is 0.0697. The molecule has 0 bridgehead atoms. The smallest absolute Gasteiger partial charge is 0.376 e.